The molecule has 0 radical (unpaired) electrons. The van der Waals surface area contributed by atoms with Crippen molar-refractivity contribution in [3.63, 3.8) is 0 Å². The van der Waals surface area contributed by atoms with E-state index in [1.54, 1.807) is 27.7 Å². The second-order valence-corrected chi connectivity index (χ2v) is 8.21. The fourth-order valence-corrected chi connectivity index (χ4v) is 3.41. The van der Waals surface area contributed by atoms with Gasteiger partial charge in [-0.05, 0) is 59.4 Å². The van der Waals surface area contributed by atoms with Crippen LogP contribution in [0.15, 0.2) is 46.6 Å². The lowest BCUT2D eigenvalue weighted by molar-refractivity contribution is -0.119. The third-order valence-electron chi connectivity index (χ3n) is 5.69. The lowest BCUT2D eigenvalue weighted by atomic mass is 9.81. The van der Waals surface area contributed by atoms with Gasteiger partial charge in [-0.2, -0.15) is 0 Å². The minimum atomic E-state index is -1.07. The Labute approximate surface area is 167 Å². The van der Waals surface area contributed by atoms with E-state index in [9.17, 15) is 19.5 Å². The summed E-state index contributed by atoms with van der Waals surface area (Å²) in [6.07, 6.45) is 1.64. The number of aryl methyl sites for hydroxylation is 1. The summed E-state index contributed by atoms with van der Waals surface area (Å²) >= 11 is 0. The number of aliphatic hydroxyl groups is 1. The van der Waals surface area contributed by atoms with Crippen molar-refractivity contribution in [1.82, 2.24) is 0 Å². The summed E-state index contributed by atoms with van der Waals surface area (Å²) in [6, 6.07) is 7.86. The lowest BCUT2D eigenvalue weighted by Crippen LogP contribution is -2.27. The van der Waals surface area contributed by atoms with Crippen LogP contribution in [0.3, 0.4) is 0 Å². The van der Waals surface area contributed by atoms with Gasteiger partial charge in [-0.25, -0.2) is 0 Å². The zero-order chi connectivity index (χ0) is 21.1. The lowest BCUT2D eigenvalue weighted by Gasteiger charge is -2.25. The van der Waals surface area contributed by atoms with Gasteiger partial charge in [-0.15, -0.1) is 0 Å². The van der Waals surface area contributed by atoms with Crippen LogP contribution in [-0.2, 0) is 20.8 Å². The zero-order valence-corrected chi connectivity index (χ0v) is 17.5. The van der Waals surface area contributed by atoms with E-state index in [-0.39, 0.29) is 23.8 Å². The summed E-state index contributed by atoms with van der Waals surface area (Å²) < 4.78 is 0. The second-order valence-electron chi connectivity index (χ2n) is 8.21. The van der Waals surface area contributed by atoms with Gasteiger partial charge in [0.05, 0.1) is 5.60 Å². The van der Waals surface area contributed by atoms with E-state index in [1.165, 1.54) is 0 Å². The molecule has 0 saturated heterocycles. The van der Waals surface area contributed by atoms with E-state index in [1.807, 2.05) is 31.2 Å². The first kappa shape index (κ1) is 22.0. The Balaban J connectivity index is 1.91. The van der Waals surface area contributed by atoms with Crippen LogP contribution in [-0.4, -0.2) is 28.1 Å². The van der Waals surface area contributed by atoms with Crippen LogP contribution < -0.4 is 0 Å². The predicted molar refractivity (Wildman–Crippen MR) is 110 cm³/mol. The van der Waals surface area contributed by atoms with Crippen molar-refractivity contribution in [3.05, 3.63) is 57.7 Å². The Bertz CT molecular complexity index is 851. The Morgan fingerprint density at radius 1 is 0.893 bits per heavy atom. The molecule has 0 aromatic heterocycles. The summed E-state index contributed by atoms with van der Waals surface area (Å²) in [5, 5.41) is 10.7. The molecule has 1 aromatic rings. The minimum Gasteiger partial charge on any atom is -0.390 e. The molecule has 150 valence electrons. The molecule has 1 aliphatic carbocycles. The van der Waals surface area contributed by atoms with Crippen LogP contribution in [0.5, 0.6) is 0 Å². The smallest absolute Gasteiger partial charge is 0.185 e. The molecular formula is C24H30O4. The Kier molecular flexibility index (Phi) is 6.89. The normalized spacial score (nSPS) is 17.2. The van der Waals surface area contributed by atoms with Crippen molar-refractivity contribution in [2.45, 2.75) is 72.3 Å². The molecule has 1 atom stereocenters. The molecule has 0 fully saturated rings. The molecule has 2 rings (SSSR count). The molecule has 4 heteroatoms. The first-order valence-corrected chi connectivity index (χ1v) is 9.78. The fraction of sp³-hybridized carbons (Fsp3) is 0.458. The average molecular weight is 383 g/mol. The van der Waals surface area contributed by atoms with Gasteiger partial charge in [0.25, 0.3) is 0 Å². The van der Waals surface area contributed by atoms with Crippen LogP contribution >= 0.6 is 0 Å². The fourth-order valence-electron chi connectivity index (χ4n) is 3.41. The number of hydrogen-bond acceptors (Lipinski definition) is 4. The Morgan fingerprint density at radius 3 is 2.07 bits per heavy atom. The second kappa shape index (κ2) is 8.78. The summed E-state index contributed by atoms with van der Waals surface area (Å²) in [6.45, 7) is 8.70. The number of hydrogen-bond donors (Lipinski definition) is 1. The first-order valence-electron chi connectivity index (χ1n) is 9.78. The number of carbonyl (C=O) groups excluding carboxylic acids is 3. The van der Waals surface area contributed by atoms with Gasteiger partial charge in [0.2, 0.25) is 0 Å². The van der Waals surface area contributed by atoms with Crippen LogP contribution in [0.25, 0.3) is 0 Å². The van der Waals surface area contributed by atoms with Crippen LogP contribution in [0.1, 0.15) is 64.5 Å². The molecule has 0 bridgehead atoms. The average Bonchev–Trinajstić information content (AvgIpc) is 2.65. The first-order chi connectivity index (χ1) is 13.0. The van der Waals surface area contributed by atoms with Crippen molar-refractivity contribution in [2.75, 3.05) is 0 Å². The Morgan fingerprint density at radius 2 is 1.46 bits per heavy atom. The molecule has 1 aliphatic rings. The van der Waals surface area contributed by atoms with E-state index < -0.39 is 5.60 Å². The number of benzene rings is 1. The standard InChI is InChI=1S/C24H30O4/c1-15-6-8-19(9-7-15)14-20(25)10-12-24(5,28)13-11-21-18(4)22(26)16(2)17(3)23(21)27/h6-9,28H,10-14H2,1-5H3. The van der Waals surface area contributed by atoms with Crippen molar-refractivity contribution >= 4 is 17.3 Å². The number of allylic oxidation sites excluding steroid dienone is 4. The number of Topliss-reactive ketones (excluding diaryl/α,β-unsaturated/α-hetero) is 3. The molecule has 0 amide bonds. The highest BCUT2D eigenvalue weighted by molar-refractivity contribution is 6.24. The summed E-state index contributed by atoms with van der Waals surface area (Å²) in [7, 11) is 0. The SMILES string of the molecule is CC1=C(C)C(=O)C(CCC(C)(O)CCC(=O)Cc2ccc(C)cc2)=C(C)C1=O. The van der Waals surface area contributed by atoms with Crippen LogP contribution in [0, 0.1) is 6.92 Å². The molecule has 0 aliphatic heterocycles. The van der Waals surface area contributed by atoms with E-state index >= 15 is 0 Å². The van der Waals surface area contributed by atoms with Crippen molar-refractivity contribution in [3.8, 4) is 0 Å². The molecule has 0 heterocycles. The predicted octanol–water partition coefficient (Wildman–Crippen LogP) is 4.22. The van der Waals surface area contributed by atoms with E-state index in [0.717, 1.165) is 11.1 Å². The summed E-state index contributed by atoms with van der Waals surface area (Å²) in [5.74, 6) is -0.126. The largest absolute Gasteiger partial charge is 0.390 e. The molecular weight excluding hydrogens is 352 g/mol. The highest BCUT2D eigenvalue weighted by Crippen LogP contribution is 2.30. The quantitative estimate of drug-likeness (QED) is 0.683. The maximum absolute atomic E-state index is 12.5. The maximum Gasteiger partial charge on any atom is 0.185 e. The van der Waals surface area contributed by atoms with Crippen molar-refractivity contribution < 1.29 is 19.5 Å². The van der Waals surface area contributed by atoms with Gasteiger partial charge >= 0.3 is 0 Å². The molecule has 1 aromatic carbocycles. The Hall–Kier alpha value is -2.33. The molecule has 4 nitrogen and oxygen atoms in total. The molecule has 1 N–H and O–H groups in total. The minimum absolute atomic E-state index is 0.0813. The van der Waals surface area contributed by atoms with Crippen LogP contribution in [0.4, 0.5) is 0 Å². The molecule has 0 saturated carbocycles. The van der Waals surface area contributed by atoms with Gasteiger partial charge in [-0.1, -0.05) is 29.8 Å². The maximum atomic E-state index is 12.5. The van der Waals surface area contributed by atoms with Gasteiger partial charge in [0.15, 0.2) is 11.6 Å². The number of ketones is 3. The summed E-state index contributed by atoms with van der Waals surface area (Å²) in [4.78, 5) is 37.0. The van der Waals surface area contributed by atoms with Gasteiger partial charge < -0.3 is 5.11 Å². The van der Waals surface area contributed by atoms with Gasteiger partial charge in [0, 0.05) is 35.1 Å². The highest BCUT2D eigenvalue weighted by Gasteiger charge is 2.30. The monoisotopic (exact) mass is 382 g/mol. The van der Waals surface area contributed by atoms with E-state index in [4.69, 9.17) is 0 Å². The third-order valence-corrected chi connectivity index (χ3v) is 5.69. The van der Waals surface area contributed by atoms with E-state index in [0.29, 0.717) is 48.0 Å². The molecule has 1 unspecified atom stereocenters. The number of carbonyl (C=O) groups is 3. The topological polar surface area (TPSA) is 71.4 Å². The van der Waals surface area contributed by atoms with Crippen molar-refractivity contribution in [2.24, 2.45) is 0 Å². The summed E-state index contributed by atoms with van der Waals surface area (Å²) in [5.41, 5.74) is 3.00. The van der Waals surface area contributed by atoms with Crippen LogP contribution in [0.2, 0.25) is 0 Å². The highest BCUT2D eigenvalue weighted by atomic mass is 16.3. The molecule has 0 spiro atoms. The zero-order valence-electron chi connectivity index (χ0n) is 17.5. The third kappa shape index (κ3) is 5.35. The van der Waals surface area contributed by atoms with Gasteiger partial charge in [0.1, 0.15) is 5.78 Å². The number of rotatable bonds is 8. The van der Waals surface area contributed by atoms with E-state index in [2.05, 4.69) is 0 Å². The van der Waals surface area contributed by atoms with Crippen molar-refractivity contribution in [1.29, 1.82) is 0 Å². The van der Waals surface area contributed by atoms with Gasteiger partial charge in [-0.3, -0.25) is 14.4 Å². The molecule has 28 heavy (non-hydrogen) atoms.